The lowest BCUT2D eigenvalue weighted by Gasteiger charge is -2.35. The number of unbranched alkanes of at least 4 members (excludes halogenated alkanes) is 1. The van der Waals surface area contributed by atoms with E-state index in [-0.39, 0.29) is 0 Å². The Balaban J connectivity index is 1.34. The molecule has 6 heteroatoms. The normalized spacial score (nSPS) is 18.3. The molecule has 1 atom stereocenters. The van der Waals surface area contributed by atoms with Crippen LogP contribution < -0.4 is 11.1 Å². The SMILES string of the molecule is NCCCCN(Cc1nccc2c3ccccc3n(CCCC3CCNCC3)c12)C1CCCc2cccnc21. The van der Waals surface area contributed by atoms with Crippen molar-refractivity contribution in [3.8, 4) is 0 Å². The third-order valence-corrected chi connectivity index (χ3v) is 9.07. The first-order valence-electron chi connectivity index (χ1n) is 15.3. The first kappa shape index (κ1) is 26.4. The zero-order chi connectivity index (χ0) is 26.4. The Morgan fingerprint density at radius 3 is 2.72 bits per heavy atom. The molecule has 1 aromatic carbocycles. The van der Waals surface area contributed by atoms with Crippen molar-refractivity contribution in [2.24, 2.45) is 11.7 Å². The summed E-state index contributed by atoms with van der Waals surface area (Å²) in [6.45, 7) is 6.00. The smallest absolute Gasteiger partial charge is 0.0786 e. The van der Waals surface area contributed by atoms with E-state index in [0.717, 1.165) is 57.8 Å². The third kappa shape index (κ3) is 5.74. The zero-order valence-electron chi connectivity index (χ0n) is 23.3. The van der Waals surface area contributed by atoms with Crippen LogP contribution in [-0.2, 0) is 19.5 Å². The Hall–Kier alpha value is -2.80. The van der Waals surface area contributed by atoms with Gasteiger partial charge in [-0.25, -0.2) is 0 Å². The molecule has 4 heterocycles. The van der Waals surface area contributed by atoms with E-state index in [9.17, 15) is 0 Å². The molecular weight excluding hydrogens is 480 g/mol. The number of nitrogens with one attached hydrogen (secondary N) is 1. The topological polar surface area (TPSA) is 72.0 Å². The maximum absolute atomic E-state index is 5.91. The van der Waals surface area contributed by atoms with E-state index in [2.05, 4.69) is 57.2 Å². The molecule has 39 heavy (non-hydrogen) atoms. The molecule has 1 aliphatic carbocycles. The van der Waals surface area contributed by atoms with Crippen molar-refractivity contribution in [2.45, 2.75) is 76.9 Å². The van der Waals surface area contributed by atoms with Gasteiger partial charge in [0.05, 0.1) is 22.9 Å². The van der Waals surface area contributed by atoms with Crippen LogP contribution >= 0.6 is 0 Å². The first-order chi connectivity index (χ1) is 19.3. The lowest BCUT2D eigenvalue weighted by atomic mass is 9.90. The van der Waals surface area contributed by atoms with Crippen molar-refractivity contribution in [3.63, 3.8) is 0 Å². The molecule has 1 saturated heterocycles. The summed E-state index contributed by atoms with van der Waals surface area (Å²) >= 11 is 0. The highest BCUT2D eigenvalue weighted by atomic mass is 15.2. The van der Waals surface area contributed by atoms with Gasteiger partial charge in [0.25, 0.3) is 0 Å². The van der Waals surface area contributed by atoms with Crippen LogP contribution in [-0.4, -0.2) is 45.6 Å². The van der Waals surface area contributed by atoms with Crippen molar-refractivity contribution < 1.29 is 0 Å². The van der Waals surface area contributed by atoms with Crippen LogP contribution in [0.15, 0.2) is 54.9 Å². The van der Waals surface area contributed by atoms with Gasteiger partial charge in [0.1, 0.15) is 0 Å². The van der Waals surface area contributed by atoms with E-state index in [0.29, 0.717) is 6.04 Å². The number of aromatic nitrogens is 3. The number of aryl methyl sites for hydroxylation is 2. The molecule has 1 unspecified atom stereocenters. The molecule has 0 radical (unpaired) electrons. The highest BCUT2D eigenvalue weighted by molar-refractivity contribution is 6.08. The second-order valence-corrected chi connectivity index (χ2v) is 11.6. The Kier molecular flexibility index (Phi) is 8.53. The standard InChI is InChI=1S/C33H44N6/c34-17-3-4-22-38(31-13-5-9-26-10-6-18-37-32(26)31)24-29-33-28(16-21-36-29)27-11-1-2-12-30(27)39(33)23-7-8-25-14-19-35-20-15-25/h1-2,6,10-12,16,18,21,25,31,35H,3-5,7-9,13-15,17,19-20,22-24,34H2. The second kappa shape index (κ2) is 12.6. The number of nitrogens with zero attached hydrogens (tertiary/aromatic N) is 4. The Bertz CT molecular complexity index is 1370. The van der Waals surface area contributed by atoms with Crippen LogP contribution in [0.4, 0.5) is 0 Å². The summed E-state index contributed by atoms with van der Waals surface area (Å²) in [5.74, 6) is 0.855. The van der Waals surface area contributed by atoms with Crippen molar-refractivity contribution in [3.05, 3.63) is 71.8 Å². The van der Waals surface area contributed by atoms with Crippen LogP contribution in [0.1, 0.15) is 74.4 Å². The van der Waals surface area contributed by atoms with Crippen LogP contribution in [0.5, 0.6) is 0 Å². The molecular formula is C33H44N6. The molecule has 6 rings (SSSR count). The van der Waals surface area contributed by atoms with Gasteiger partial charge in [0, 0.05) is 41.8 Å². The van der Waals surface area contributed by atoms with Crippen molar-refractivity contribution in [2.75, 3.05) is 26.2 Å². The number of rotatable bonds is 11. The summed E-state index contributed by atoms with van der Waals surface area (Å²) in [5.41, 5.74) is 12.5. The molecule has 2 aliphatic rings. The number of para-hydroxylation sites is 1. The zero-order valence-corrected chi connectivity index (χ0v) is 23.3. The molecule has 206 valence electrons. The minimum Gasteiger partial charge on any atom is -0.339 e. The summed E-state index contributed by atoms with van der Waals surface area (Å²) in [6.07, 6.45) is 14.8. The highest BCUT2D eigenvalue weighted by Gasteiger charge is 2.28. The van der Waals surface area contributed by atoms with E-state index in [4.69, 9.17) is 15.7 Å². The van der Waals surface area contributed by atoms with Gasteiger partial charge in [-0.15, -0.1) is 0 Å². The maximum atomic E-state index is 5.91. The van der Waals surface area contributed by atoms with Gasteiger partial charge in [0.2, 0.25) is 0 Å². The quantitative estimate of drug-likeness (QED) is 0.236. The minimum atomic E-state index is 0.336. The molecule has 3 N–H and O–H groups in total. The van der Waals surface area contributed by atoms with Gasteiger partial charge in [-0.3, -0.25) is 14.9 Å². The Labute approximate surface area is 233 Å². The summed E-state index contributed by atoms with van der Waals surface area (Å²) in [7, 11) is 0. The summed E-state index contributed by atoms with van der Waals surface area (Å²) in [6, 6.07) is 15.8. The Morgan fingerprint density at radius 2 is 1.82 bits per heavy atom. The molecule has 0 spiro atoms. The number of benzene rings is 1. The van der Waals surface area contributed by atoms with E-state index >= 15 is 0 Å². The van der Waals surface area contributed by atoms with Gasteiger partial charge in [-0.1, -0.05) is 24.3 Å². The summed E-state index contributed by atoms with van der Waals surface area (Å²) in [5, 5.41) is 6.19. The van der Waals surface area contributed by atoms with Crippen LogP contribution in [0.2, 0.25) is 0 Å². The predicted molar refractivity (Wildman–Crippen MR) is 161 cm³/mol. The fraction of sp³-hybridized carbons (Fsp3) is 0.515. The molecule has 3 aromatic heterocycles. The van der Waals surface area contributed by atoms with Gasteiger partial charge >= 0.3 is 0 Å². The lowest BCUT2D eigenvalue weighted by Crippen LogP contribution is -2.33. The van der Waals surface area contributed by atoms with Crippen LogP contribution in [0.3, 0.4) is 0 Å². The van der Waals surface area contributed by atoms with E-state index in [1.165, 1.54) is 84.0 Å². The summed E-state index contributed by atoms with van der Waals surface area (Å²) in [4.78, 5) is 12.6. The maximum Gasteiger partial charge on any atom is 0.0786 e. The molecule has 0 amide bonds. The third-order valence-electron chi connectivity index (χ3n) is 9.07. The lowest BCUT2D eigenvalue weighted by molar-refractivity contribution is 0.161. The molecule has 0 saturated carbocycles. The fourth-order valence-corrected chi connectivity index (χ4v) is 7.07. The average Bonchev–Trinajstić information content (AvgIpc) is 3.31. The van der Waals surface area contributed by atoms with Gasteiger partial charge in [0.15, 0.2) is 0 Å². The number of hydrogen-bond donors (Lipinski definition) is 2. The van der Waals surface area contributed by atoms with Crippen molar-refractivity contribution in [1.29, 1.82) is 0 Å². The number of hydrogen-bond acceptors (Lipinski definition) is 5. The van der Waals surface area contributed by atoms with Crippen molar-refractivity contribution in [1.82, 2.24) is 24.8 Å². The van der Waals surface area contributed by atoms with Gasteiger partial charge in [-0.05, 0) is 114 Å². The van der Waals surface area contributed by atoms with E-state index in [1.54, 1.807) is 0 Å². The van der Waals surface area contributed by atoms with Gasteiger partial charge < -0.3 is 15.6 Å². The summed E-state index contributed by atoms with van der Waals surface area (Å²) < 4.78 is 2.58. The monoisotopic (exact) mass is 524 g/mol. The van der Waals surface area contributed by atoms with E-state index < -0.39 is 0 Å². The number of piperidine rings is 1. The molecule has 6 nitrogen and oxygen atoms in total. The average molecular weight is 525 g/mol. The molecule has 0 bridgehead atoms. The molecule has 4 aromatic rings. The van der Waals surface area contributed by atoms with Crippen LogP contribution in [0, 0.1) is 5.92 Å². The first-order valence-corrected chi connectivity index (χ1v) is 15.3. The second-order valence-electron chi connectivity index (χ2n) is 11.6. The largest absolute Gasteiger partial charge is 0.339 e. The van der Waals surface area contributed by atoms with Gasteiger partial charge in [-0.2, -0.15) is 0 Å². The number of fused-ring (bicyclic) bond motifs is 4. The molecule has 1 aliphatic heterocycles. The Morgan fingerprint density at radius 1 is 0.923 bits per heavy atom. The highest BCUT2D eigenvalue weighted by Crippen LogP contribution is 2.36. The van der Waals surface area contributed by atoms with Crippen LogP contribution in [0.25, 0.3) is 21.8 Å². The predicted octanol–water partition coefficient (Wildman–Crippen LogP) is 5.98. The molecule has 1 fully saturated rings. The fourth-order valence-electron chi connectivity index (χ4n) is 7.07. The number of nitrogens with two attached hydrogens (primary N) is 1. The van der Waals surface area contributed by atoms with E-state index in [1.807, 2.05) is 12.4 Å². The number of pyridine rings is 2. The minimum absolute atomic E-state index is 0.336. The van der Waals surface area contributed by atoms with Crippen molar-refractivity contribution >= 4 is 21.8 Å².